The van der Waals surface area contributed by atoms with Gasteiger partial charge < -0.3 is 16.0 Å². The third-order valence-electron chi connectivity index (χ3n) is 6.21. The molecule has 1 amide bonds. The SMILES string of the molecule is NC(=O)CN1CCc2cc(CN3CCC[C@H](Nc4ccc5[nH]ncc5c4)C3)ccc21. The van der Waals surface area contributed by atoms with Gasteiger partial charge in [-0.2, -0.15) is 5.10 Å². The van der Waals surface area contributed by atoms with Crippen LogP contribution < -0.4 is 16.0 Å². The normalized spacial score (nSPS) is 19.2. The van der Waals surface area contributed by atoms with E-state index < -0.39 is 0 Å². The first-order valence-electron chi connectivity index (χ1n) is 10.7. The highest BCUT2D eigenvalue weighted by Crippen LogP contribution is 2.29. The number of benzene rings is 2. The number of nitrogens with one attached hydrogen (secondary N) is 2. The molecular formula is C23H28N6O. The Bertz CT molecular complexity index is 1060. The third kappa shape index (κ3) is 3.98. The largest absolute Gasteiger partial charge is 0.381 e. The summed E-state index contributed by atoms with van der Waals surface area (Å²) < 4.78 is 0. The minimum absolute atomic E-state index is 0.272. The van der Waals surface area contributed by atoms with Crippen LogP contribution in [0, 0.1) is 0 Å². The molecule has 2 aliphatic rings. The molecule has 5 rings (SSSR count). The lowest BCUT2D eigenvalue weighted by atomic mass is 10.0. The van der Waals surface area contributed by atoms with Crippen LogP contribution in [0.15, 0.2) is 42.6 Å². The van der Waals surface area contributed by atoms with Crippen molar-refractivity contribution in [3.8, 4) is 0 Å². The molecule has 0 bridgehead atoms. The van der Waals surface area contributed by atoms with Crippen molar-refractivity contribution < 1.29 is 4.79 Å². The quantitative estimate of drug-likeness (QED) is 0.587. The number of carbonyl (C=O) groups excluding carboxylic acids is 1. The number of fused-ring (bicyclic) bond motifs is 2. The van der Waals surface area contributed by atoms with Crippen LogP contribution >= 0.6 is 0 Å². The predicted octanol–water partition coefficient (Wildman–Crippen LogP) is 2.49. The van der Waals surface area contributed by atoms with Gasteiger partial charge in [-0.15, -0.1) is 0 Å². The first kappa shape index (κ1) is 18.9. The maximum Gasteiger partial charge on any atom is 0.236 e. The molecule has 3 heterocycles. The number of aromatic amines is 1. The molecule has 0 aliphatic carbocycles. The molecule has 1 atom stereocenters. The zero-order valence-electron chi connectivity index (χ0n) is 17.1. The fourth-order valence-electron chi connectivity index (χ4n) is 4.82. The summed E-state index contributed by atoms with van der Waals surface area (Å²) in [5, 5.41) is 12.0. The number of hydrogen-bond acceptors (Lipinski definition) is 5. The van der Waals surface area contributed by atoms with Crippen LogP contribution in [0.2, 0.25) is 0 Å². The Morgan fingerprint density at radius 2 is 2.17 bits per heavy atom. The molecule has 2 aromatic carbocycles. The number of primary amides is 1. The van der Waals surface area contributed by atoms with Crippen LogP contribution in [0.25, 0.3) is 10.9 Å². The predicted molar refractivity (Wildman–Crippen MR) is 120 cm³/mol. The van der Waals surface area contributed by atoms with Gasteiger partial charge in [0.25, 0.3) is 0 Å². The zero-order valence-corrected chi connectivity index (χ0v) is 17.1. The summed E-state index contributed by atoms with van der Waals surface area (Å²) >= 11 is 0. The average molecular weight is 405 g/mol. The lowest BCUT2D eigenvalue weighted by Crippen LogP contribution is -2.41. The van der Waals surface area contributed by atoms with Crippen LogP contribution in [-0.4, -0.2) is 53.2 Å². The lowest BCUT2D eigenvalue weighted by molar-refractivity contribution is -0.116. The summed E-state index contributed by atoms with van der Waals surface area (Å²) in [6, 6.07) is 13.5. The Kier molecular flexibility index (Phi) is 5.04. The van der Waals surface area contributed by atoms with E-state index >= 15 is 0 Å². The molecule has 4 N–H and O–H groups in total. The molecule has 1 aromatic heterocycles. The Morgan fingerprint density at radius 3 is 3.07 bits per heavy atom. The van der Waals surface area contributed by atoms with Gasteiger partial charge in [-0.25, -0.2) is 0 Å². The van der Waals surface area contributed by atoms with Crippen LogP contribution in [0.1, 0.15) is 24.0 Å². The van der Waals surface area contributed by atoms with Crippen molar-refractivity contribution in [1.29, 1.82) is 0 Å². The molecule has 7 nitrogen and oxygen atoms in total. The lowest BCUT2D eigenvalue weighted by Gasteiger charge is -2.34. The Balaban J connectivity index is 1.22. The van der Waals surface area contributed by atoms with Gasteiger partial charge in [0.1, 0.15) is 0 Å². The highest BCUT2D eigenvalue weighted by molar-refractivity contribution is 5.82. The number of amides is 1. The van der Waals surface area contributed by atoms with Gasteiger partial charge in [-0.3, -0.25) is 14.8 Å². The highest BCUT2D eigenvalue weighted by Gasteiger charge is 2.23. The molecule has 0 spiro atoms. The van der Waals surface area contributed by atoms with Gasteiger partial charge in [0.15, 0.2) is 0 Å². The standard InChI is InChI=1S/C23H28N6O/c24-23(30)15-29-9-7-17-10-16(3-6-22(17)29)13-28-8-1-2-20(14-28)26-19-4-5-21-18(11-19)12-25-27-21/h3-6,10-12,20,26H,1-2,7-9,13-15H2,(H2,24,30)(H,25,27)/t20-/m0/s1. The fourth-order valence-corrected chi connectivity index (χ4v) is 4.82. The van der Waals surface area contributed by atoms with Crippen LogP contribution in [0.3, 0.4) is 0 Å². The molecule has 0 radical (unpaired) electrons. The molecule has 3 aromatic rings. The van der Waals surface area contributed by atoms with E-state index in [2.05, 4.69) is 61.7 Å². The molecule has 1 fully saturated rings. The van der Waals surface area contributed by atoms with Gasteiger partial charge in [0, 0.05) is 42.4 Å². The van der Waals surface area contributed by atoms with Gasteiger partial charge in [0.2, 0.25) is 5.91 Å². The summed E-state index contributed by atoms with van der Waals surface area (Å²) in [5.41, 5.74) is 11.4. The van der Waals surface area contributed by atoms with Gasteiger partial charge in [-0.05, 0) is 61.2 Å². The molecule has 1 saturated heterocycles. The van der Waals surface area contributed by atoms with E-state index in [0.717, 1.165) is 54.9 Å². The Labute approximate surface area is 176 Å². The van der Waals surface area contributed by atoms with Crippen molar-refractivity contribution in [2.45, 2.75) is 31.8 Å². The first-order valence-corrected chi connectivity index (χ1v) is 10.7. The van der Waals surface area contributed by atoms with E-state index in [1.165, 1.54) is 24.0 Å². The van der Waals surface area contributed by atoms with E-state index in [-0.39, 0.29) is 5.91 Å². The van der Waals surface area contributed by atoms with Crippen LogP contribution in [0.5, 0.6) is 0 Å². The molecule has 0 saturated carbocycles. The number of rotatable bonds is 6. The number of nitrogens with zero attached hydrogens (tertiary/aromatic N) is 3. The second kappa shape index (κ2) is 7.99. The number of carbonyl (C=O) groups is 1. The number of anilines is 2. The average Bonchev–Trinajstić information content (AvgIpc) is 3.34. The van der Waals surface area contributed by atoms with Crippen molar-refractivity contribution in [2.75, 3.05) is 36.4 Å². The molecule has 2 aliphatic heterocycles. The minimum atomic E-state index is -0.272. The smallest absolute Gasteiger partial charge is 0.236 e. The topological polar surface area (TPSA) is 90.3 Å². The van der Waals surface area contributed by atoms with E-state index in [9.17, 15) is 4.79 Å². The summed E-state index contributed by atoms with van der Waals surface area (Å²) in [5.74, 6) is -0.272. The number of hydrogen-bond donors (Lipinski definition) is 3. The van der Waals surface area contributed by atoms with Gasteiger partial charge >= 0.3 is 0 Å². The maximum atomic E-state index is 11.3. The number of nitrogens with two attached hydrogens (primary N) is 1. The first-order chi connectivity index (χ1) is 14.6. The molecule has 156 valence electrons. The van der Waals surface area contributed by atoms with Crippen LogP contribution in [-0.2, 0) is 17.8 Å². The van der Waals surface area contributed by atoms with E-state index in [0.29, 0.717) is 12.6 Å². The molecule has 30 heavy (non-hydrogen) atoms. The summed E-state index contributed by atoms with van der Waals surface area (Å²) in [7, 11) is 0. The van der Waals surface area contributed by atoms with E-state index in [1.807, 2.05) is 6.20 Å². The minimum Gasteiger partial charge on any atom is -0.381 e. The highest BCUT2D eigenvalue weighted by atomic mass is 16.1. The Hall–Kier alpha value is -3.06. The van der Waals surface area contributed by atoms with Crippen molar-refractivity contribution in [2.24, 2.45) is 5.73 Å². The van der Waals surface area contributed by atoms with E-state index in [4.69, 9.17) is 5.73 Å². The molecular weight excluding hydrogens is 376 g/mol. The zero-order chi connectivity index (χ0) is 20.5. The van der Waals surface area contributed by atoms with E-state index in [1.54, 1.807) is 0 Å². The van der Waals surface area contributed by atoms with Crippen molar-refractivity contribution in [3.63, 3.8) is 0 Å². The number of piperidine rings is 1. The number of likely N-dealkylation sites (tertiary alicyclic amines) is 1. The van der Waals surface area contributed by atoms with Gasteiger partial charge in [0.05, 0.1) is 18.3 Å². The summed E-state index contributed by atoms with van der Waals surface area (Å²) in [6.45, 7) is 4.30. The molecule has 7 heteroatoms. The maximum absolute atomic E-state index is 11.3. The summed E-state index contributed by atoms with van der Waals surface area (Å²) in [6.07, 6.45) is 5.23. The second-order valence-corrected chi connectivity index (χ2v) is 8.49. The third-order valence-corrected chi connectivity index (χ3v) is 6.21. The number of aromatic nitrogens is 2. The van der Waals surface area contributed by atoms with Crippen molar-refractivity contribution in [3.05, 3.63) is 53.7 Å². The monoisotopic (exact) mass is 404 g/mol. The van der Waals surface area contributed by atoms with Crippen LogP contribution in [0.4, 0.5) is 11.4 Å². The fraction of sp³-hybridized carbons (Fsp3) is 0.391. The number of H-pyrrole nitrogens is 1. The second-order valence-electron chi connectivity index (χ2n) is 8.49. The Morgan fingerprint density at radius 1 is 1.23 bits per heavy atom. The van der Waals surface area contributed by atoms with Crippen molar-refractivity contribution >= 4 is 28.2 Å². The summed E-state index contributed by atoms with van der Waals surface area (Å²) in [4.78, 5) is 15.9. The van der Waals surface area contributed by atoms with Crippen molar-refractivity contribution in [1.82, 2.24) is 15.1 Å². The molecule has 0 unspecified atom stereocenters. The van der Waals surface area contributed by atoms with Gasteiger partial charge in [-0.1, -0.05) is 12.1 Å².